The van der Waals surface area contributed by atoms with Gasteiger partial charge in [0.2, 0.25) is 0 Å². The average molecular weight is 245 g/mol. The maximum absolute atomic E-state index is 6.30. The molecule has 18 heavy (non-hydrogen) atoms. The van der Waals surface area contributed by atoms with E-state index in [4.69, 9.17) is 5.73 Å². The van der Waals surface area contributed by atoms with Gasteiger partial charge in [0.15, 0.2) is 5.82 Å². The summed E-state index contributed by atoms with van der Waals surface area (Å²) in [4.78, 5) is 6.72. The zero-order chi connectivity index (χ0) is 12.8. The minimum atomic E-state index is -0.0294. The van der Waals surface area contributed by atoms with E-state index in [2.05, 4.69) is 28.0 Å². The van der Waals surface area contributed by atoms with Crippen LogP contribution in [0.25, 0.3) is 5.52 Å². The lowest BCUT2D eigenvalue weighted by molar-refractivity contribution is 0.306. The molecule has 1 aliphatic rings. The molecule has 2 N–H and O–H groups in total. The molecule has 2 aromatic rings. The first-order valence-corrected chi connectivity index (χ1v) is 6.46. The largest absolute Gasteiger partial charge is 0.351 e. The molecular weight excluding hydrogens is 226 g/mol. The summed E-state index contributed by atoms with van der Waals surface area (Å²) >= 11 is 0. The molecule has 0 aromatic carbocycles. The van der Waals surface area contributed by atoms with Crippen molar-refractivity contribution < 1.29 is 0 Å². The lowest BCUT2D eigenvalue weighted by Crippen LogP contribution is -2.67. The Hall–Kier alpha value is -1.62. The van der Waals surface area contributed by atoms with Crippen molar-refractivity contribution >= 4 is 11.3 Å². The Morgan fingerprint density at radius 3 is 2.94 bits per heavy atom. The molecule has 0 saturated carbocycles. The summed E-state index contributed by atoms with van der Waals surface area (Å²) in [6.45, 7) is 5.95. The van der Waals surface area contributed by atoms with Gasteiger partial charge in [-0.1, -0.05) is 13.3 Å². The lowest BCUT2D eigenvalue weighted by Gasteiger charge is -2.48. The van der Waals surface area contributed by atoms with E-state index in [-0.39, 0.29) is 5.54 Å². The number of nitrogens with two attached hydrogens (primary N) is 1. The number of hydrogen-bond acceptors (Lipinski definition) is 4. The van der Waals surface area contributed by atoms with E-state index in [9.17, 15) is 0 Å². The van der Waals surface area contributed by atoms with Crippen molar-refractivity contribution in [3.05, 3.63) is 24.2 Å². The van der Waals surface area contributed by atoms with Crippen LogP contribution in [0.5, 0.6) is 0 Å². The third-order valence-electron chi connectivity index (χ3n) is 3.55. The highest BCUT2D eigenvalue weighted by Crippen LogP contribution is 2.30. The van der Waals surface area contributed by atoms with E-state index in [0.717, 1.165) is 43.0 Å². The van der Waals surface area contributed by atoms with Crippen LogP contribution in [0.3, 0.4) is 0 Å². The van der Waals surface area contributed by atoms with Crippen LogP contribution in [0, 0.1) is 6.92 Å². The summed E-state index contributed by atoms with van der Waals surface area (Å²) in [5.41, 5.74) is 8.34. The summed E-state index contributed by atoms with van der Waals surface area (Å²) in [6.07, 6.45) is 5.89. The van der Waals surface area contributed by atoms with Gasteiger partial charge in [-0.2, -0.15) is 5.10 Å². The zero-order valence-corrected chi connectivity index (χ0v) is 10.9. The highest BCUT2D eigenvalue weighted by Gasteiger charge is 2.39. The minimum absolute atomic E-state index is 0.0294. The quantitative estimate of drug-likeness (QED) is 0.887. The van der Waals surface area contributed by atoms with Crippen LogP contribution in [0.2, 0.25) is 0 Å². The van der Waals surface area contributed by atoms with Crippen LogP contribution in [0.4, 0.5) is 5.82 Å². The van der Waals surface area contributed by atoms with E-state index >= 15 is 0 Å². The number of aromatic nitrogens is 3. The highest BCUT2D eigenvalue weighted by atomic mass is 15.3. The Kier molecular flexibility index (Phi) is 2.52. The van der Waals surface area contributed by atoms with Crippen molar-refractivity contribution in [3.63, 3.8) is 0 Å². The fraction of sp³-hybridized carbons (Fsp3) is 0.538. The fourth-order valence-corrected chi connectivity index (χ4v) is 2.79. The van der Waals surface area contributed by atoms with Crippen molar-refractivity contribution in [1.82, 2.24) is 14.6 Å². The maximum atomic E-state index is 6.30. The molecule has 0 aliphatic carbocycles. The predicted octanol–water partition coefficient (Wildman–Crippen LogP) is 1.36. The number of fused-ring (bicyclic) bond motifs is 1. The number of hydrogen-bond donors (Lipinski definition) is 1. The molecule has 96 valence electrons. The molecule has 0 atom stereocenters. The van der Waals surface area contributed by atoms with Gasteiger partial charge in [0.1, 0.15) is 5.52 Å². The SMILES string of the molecule is CCCC1(N)CN(c2nccn3nc(C)cc23)C1. The van der Waals surface area contributed by atoms with Crippen molar-refractivity contribution in [3.8, 4) is 0 Å². The Morgan fingerprint density at radius 1 is 1.44 bits per heavy atom. The van der Waals surface area contributed by atoms with Crippen molar-refractivity contribution in [2.45, 2.75) is 32.2 Å². The molecule has 5 heteroatoms. The second-order valence-electron chi connectivity index (χ2n) is 5.33. The van der Waals surface area contributed by atoms with Gasteiger partial charge >= 0.3 is 0 Å². The molecule has 0 unspecified atom stereocenters. The summed E-state index contributed by atoms with van der Waals surface area (Å²) < 4.78 is 1.88. The van der Waals surface area contributed by atoms with Crippen molar-refractivity contribution in [2.24, 2.45) is 5.73 Å². The molecular formula is C13H19N5. The first-order valence-electron chi connectivity index (χ1n) is 6.46. The Balaban J connectivity index is 1.88. The summed E-state index contributed by atoms with van der Waals surface area (Å²) in [7, 11) is 0. The van der Waals surface area contributed by atoms with Crippen LogP contribution in [0.15, 0.2) is 18.5 Å². The van der Waals surface area contributed by atoms with E-state index in [1.807, 2.05) is 17.6 Å². The van der Waals surface area contributed by atoms with Crippen LogP contribution in [-0.2, 0) is 0 Å². The molecule has 3 heterocycles. The van der Waals surface area contributed by atoms with Crippen molar-refractivity contribution in [2.75, 3.05) is 18.0 Å². The molecule has 0 spiro atoms. The summed E-state index contributed by atoms with van der Waals surface area (Å²) in [5, 5.41) is 4.41. The first kappa shape index (κ1) is 11.5. The van der Waals surface area contributed by atoms with Crippen LogP contribution >= 0.6 is 0 Å². The van der Waals surface area contributed by atoms with Gasteiger partial charge in [-0.15, -0.1) is 0 Å². The second kappa shape index (κ2) is 3.95. The molecule has 0 amide bonds. The number of rotatable bonds is 3. The molecule has 1 fully saturated rings. The number of anilines is 1. The van der Waals surface area contributed by atoms with Gasteiger partial charge in [-0.05, 0) is 19.4 Å². The van der Waals surface area contributed by atoms with Gasteiger partial charge in [0.05, 0.1) is 11.2 Å². The summed E-state index contributed by atoms with van der Waals surface area (Å²) in [5.74, 6) is 0.996. The molecule has 1 aliphatic heterocycles. The van der Waals surface area contributed by atoms with Crippen LogP contribution in [0.1, 0.15) is 25.5 Å². The first-order chi connectivity index (χ1) is 8.61. The zero-order valence-electron chi connectivity index (χ0n) is 10.9. The Morgan fingerprint density at radius 2 is 2.22 bits per heavy atom. The van der Waals surface area contributed by atoms with Crippen LogP contribution < -0.4 is 10.6 Å². The van der Waals surface area contributed by atoms with Gasteiger partial charge in [-0.3, -0.25) is 0 Å². The lowest BCUT2D eigenvalue weighted by atomic mass is 9.86. The monoisotopic (exact) mass is 245 g/mol. The maximum Gasteiger partial charge on any atom is 0.154 e. The normalized spacial score (nSPS) is 18.1. The van der Waals surface area contributed by atoms with Gasteiger partial charge in [-0.25, -0.2) is 9.50 Å². The number of aryl methyl sites for hydroxylation is 1. The van der Waals surface area contributed by atoms with Crippen molar-refractivity contribution in [1.29, 1.82) is 0 Å². The van der Waals surface area contributed by atoms with Gasteiger partial charge < -0.3 is 10.6 Å². The Labute approximate surface area is 107 Å². The Bertz CT molecular complexity index is 568. The van der Waals surface area contributed by atoms with E-state index < -0.39 is 0 Å². The highest BCUT2D eigenvalue weighted by molar-refractivity contribution is 5.70. The molecule has 5 nitrogen and oxygen atoms in total. The van der Waals surface area contributed by atoms with Crippen LogP contribution in [-0.4, -0.2) is 33.2 Å². The summed E-state index contributed by atoms with van der Waals surface area (Å²) in [6, 6.07) is 2.07. The average Bonchev–Trinajstić information content (AvgIpc) is 2.66. The van der Waals surface area contributed by atoms with E-state index in [0.29, 0.717) is 0 Å². The topological polar surface area (TPSA) is 59.5 Å². The predicted molar refractivity (Wildman–Crippen MR) is 71.8 cm³/mol. The smallest absolute Gasteiger partial charge is 0.154 e. The third-order valence-corrected chi connectivity index (χ3v) is 3.55. The van der Waals surface area contributed by atoms with E-state index in [1.165, 1.54) is 0 Å². The van der Waals surface area contributed by atoms with Gasteiger partial charge in [0.25, 0.3) is 0 Å². The molecule has 2 aromatic heterocycles. The fourth-order valence-electron chi connectivity index (χ4n) is 2.79. The molecule has 0 bridgehead atoms. The second-order valence-corrected chi connectivity index (χ2v) is 5.33. The standard InChI is InChI=1S/C13H19N5/c1-3-4-13(14)8-17(9-13)12-11-7-10(2)16-18(11)6-5-15-12/h5-7H,3-4,8-9,14H2,1-2H3. The minimum Gasteiger partial charge on any atom is -0.351 e. The van der Waals surface area contributed by atoms with E-state index in [1.54, 1.807) is 6.20 Å². The third kappa shape index (κ3) is 1.75. The molecule has 3 rings (SSSR count). The molecule has 0 radical (unpaired) electrons. The van der Waals surface area contributed by atoms with Gasteiger partial charge in [0, 0.05) is 25.5 Å². The number of nitrogens with zero attached hydrogens (tertiary/aromatic N) is 4. The molecule has 1 saturated heterocycles.